The maximum Gasteiger partial charge on any atom is 0.0991 e. The molecule has 17 heavy (non-hydrogen) atoms. The summed E-state index contributed by atoms with van der Waals surface area (Å²) in [6.07, 6.45) is 0.815. The topological polar surface area (TPSA) is 47.6 Å². The predicted molar refractivity (Wildman–Crippen MR) is 64.1 cm³/mol. The number of nitriles is 2. The fourth-order valence-corrected chi connectivity index (χ4v) is 2.35. The first-order chi connectivity index (χ1) is 8.31. The van der Waals surface area contributed by atoms with Gasteiger partial charge in [0.1, 0.15) is 0 Å². The van der Waals surface area contributed by atoms with E-state index in [1.807, 2.05) is 36.4 Å². The molecule has 1 aliphatic rings. The van der Waals surface area contributed by atoms with Crippen LogP contribution in [-0.4, -0.2) is 0 Å². The van der Waals surface area contributed by atoms with E-state index in [0.29, 0.717) is 11.1 Å². The molecule has 78 valence electrons. The summed E-state index contributed by atoms with van der Waals surface area (Å²) in [6.45, 7) is 0. The molecule has 2 nitrogen and oxygen atoms in total. The molecule has 0 spiro atoms. The molecule has 0 bridgehead atoms. The van der Waals surface area contributed by atoms with Crippen LogP contribution in [0.5, 0.6) is 0 Å². The second kappa shape index (κ2) is 3.47. The van der Waals surface area contributed by atoms with Crippen molar-refractivity contribution < 1.29 is 0 Å². The van der Waals surface area contributed by atoms with E-state index in [9.17, 15) is 0 Å². The Labute approximate surface area is 99.4 Å². The smallest absolute Gasteiger partial charge is 0.0991 e. The van der Waals surface area contributed by atoms with Gasteiger partial charge in [-0.2, -0.15) is 10.5 Å². The molecule has 0 unspecified atom stereocenters. The van der Waals surface area contributed by atoms with E-state index in [4.69, 9.17) is 10.5 Å². The van der Waals surface area contributed by atoms with Crippen LogP contribution >= 0.6 is 0 Å². The Kier molecular flexibility index (Phi) is 1.97. The van der Waals surface area contributed by atoms with Gasteiger partial charge in [-0.1, -0.05) is 12.1 Å². The quantitative estimate of drug-likeness (QED) is 0.580. The minimum atomic E-state index is 0.692. The van der Waals surface area contributed by atoms with Gasteiger partial charge in [0, 0.05) is 0 Å². The summed E-state index contributed by atoms with van der Waals surface area (Å²) in [5.74, 6) is 0. The summed E-state index contributed by atoms with van der Waals surface area (Å²) in [5, 5.41) is 17.7. The molecule has 1 aliphatic carbocycles. The van der Waals surface area contributed by atoms with Gasteiger partial charge in [0.2, 0.25) is 0 Å². The van der Waals surface area contributed by atoms with Gasteiger partial charge < -0.3 is 0 Å². The minimum Gasteiger partial charge on any atom is -0.192 e. The highest BCUT2D eigenvalue weighted by molar-refractivity contribution is 5.78. The van der Waals surface area contributed by atoms with E-state index in [1.54, 1.807) is 0 Å². The molecule has 2 aromatic rings. The van der Waals surface area contributed by atoms with Crippen LogP contribution in [0.3, 0.4) is 0 Å². The SMILES string of the molecule is N#Cc1ccc2c(c1)Cc1cc(C#N)ccc1-2. The predicted octanol–water partition coefficient (Wildman–Crippen LogP) is 3.00. The summed E-state index contributed by atoms with van der Waals surface area (Å²) in [7, 11) is 0. The average Bonchev–Trinajstić information content (AvgIpc) is 2.74. The normalized spacial score (nSPS) is 11.2. The molecular formula is C15H8N2. The summed E-state index contributed by atoms with van der Waals surface area (Å²) < 4.78 is 0. The molecule has 0 heterocycles. The number of benzene rings is 2. The fraction of sp³-hybridized carbons (Fsp3) is 0.0667. The molecule has 0 saturated carbocycles. The minimum absolute atomic E-state index is 0.692. The van der Waals surface area contributed by atoms with Crippen LogP contribution in [-0.2, 0) is 6.42 Å². The van der Waals surface area contributed by atoms with Gasteiger partial charge in [0.05, 0.1) is 23.3 Å². The van der Waals surface area contributed by atoms with E-state index in [-0.39, 0.29) is 0 Å². The lowest BCUT2D eigenvalue weighted by Gasteiger charge is -2.00. The van der Waals surface area contributed by atoms with E-state index in [2.05, 4.69) is 12.1 Å². The Morgan fingerprint density at radius 1 is 0.765 bits per heavy atom. The summed E-state index contributed by atoms with van der Waals surface area (Å²) in [5.41, 5.74) is 6.10. The molecule has 2 heteroatoms. The highest BCUT2D eigenvalue weighted by Gasteiger charge is 2.18. The van der Waals surface area contributed by atoms with E-state index in [0.717, 1.165) is 6.42 Å². The molecule has 0 radical (unpaired) electrons. The van der Waals surface area contributed by atoms with Crippen molar-refractivity contribution in [1.82, 2.24) is 0 Å². The lowest BCUT2D eigenvalue weighted by atomic mass is 10.0. The lowest BCUT2D eigenvalue weighted by molar-refractivity contribution is 1.25. The van der Waals surface area contributed by atoms with Crippen molar-refractivity contribution in [2.24, 2.45) is 0 Å². The van der Waals surface area contributed by atoms with Crippen molar-refractivity contribution in [1.29, 1.82) is 10.5 Å². The molecule has 0 aromatic heterocycles. The number of hydrogen-bond acceptors (Lipinski definition) is 2. The Hall–Kier alpha value is -2.58. The van der Waals surface area contributed by atoms with Crippen LogP contribution in [0.1, 0.15) is 22.3 Å². The third kappa shape index (κ3) is 1.40. The van der Waals surface area contributed by atoms with E-state index < -0.39 is 0 Å². The van der Waals surface area contributed by atoms with E-state index in [1.165, 1.54) is 22.3 Å². The standard InChI is InChI=1S/C15H8N2/c16-8-10-1-3-14-12(5-10)7-13-6-11(9-17)2-4-15(13)14/h1-6H,7H2. The molecular weight excluding hydrogens is 208 g/mol. The summed E-state index contributed by atoms with van der Waals surface area (Å²) in [6, 6.07) is 15.8. The van der Waals surface area contributed by atoms with Gasteiger partial charge in [0.15, 0.2) is 0 Å². The highest BCUT2D eigenvalue weighted by Crippen LogP contribution is 2.37. The molecule has 0 atom stereocenters. The zero-order chi connectivity index (χ0) is 11.8. The van der Waals surface area contributed by atoms with Crippen molar-refractivity contribution in [3.63, 3.8) is 0 Å². The second-order valence-electron chi connectivity index (χ2n) is 4.14. The molecule has 3 rings (SSSR count). The zero-order valence-electron chi connectivity index (χ0n) is 9.07. The molecule has 0 saturated heterocycles. The van der Waals surface area contributed by atoms with Crippen LogP contribution < -0.4 is 0 Å². The van der Waals surface area contributed by atoms with Crippen LogP contribution in [0.15, 0.2) is 36.4 Å². The lowest BCUT2D eigenvalue weighted by Crippen LogP contribution is -1.82. The van der Waals surface area contributed by atoms with Crippen LogP contribution in [0, 0.1) is 22.7 Å². The van der Waals surface area contributed by atoms with Crippen molar-refractivity contribution in [3.8, 4) is 23.3 Å². The van der Waals surface area contributed by atoms with Gasteiger partial charge in [0.25, 0.3) is 0 Å². The molecule has 0 N–H and O–H groups in total. The number of rotatable bonds is 0. The summed E-state index contributed by atoms with van der Waals surface area (Å²) >= 11 is 0. The van der Waals surface area contributed by atoms with Gasteiger partial charge in [-0.3, -0.25) is 0 Å². The van der Waals surface area contributed by atoms with Crippen LogP contribution in [0.4, 0.5) is 0 Å². The van der Waals surface area contributed by atoms with Crippen molar-refractivity contribution in [3.05, 3.63) is 58.7 Å². The third-order valence-electron chi connectivity index (χ3n) is 3.14. The fourth-order valence-electron chi connectivity index (χ4n) is 2.35. The van der Waals surface area contributed by atoms with Crippen molar-refractivity contribution >= 4 is 0 Å². The van der Waals surface area contributed by atoms with Gasteiger partial charge in [-0.25, -0.2) is 0 Å². The van der Waals surface area contributed by atoms with Crippen molar-refractivity contribution in [2.45, 2.75) is 6.42 Å². The average molecular weight is 216 g/mol. The van der Waals surface area contributed by atoms with Gasteiger partial charge in [-0.05, 0) is 52.9 Å². The Morgan fingerprint density at radius 2 is 1.24 bits per heavy atom. The number of fused-ring (bicyclic) bond motifs is 3. The number of hydrogen-bond donors (Lipinski definition) is 0. The maximum absolute atomic E-state index is 8.87. The number of nitrogens with zero attached hydrogens (tertiary/aromatic N) is 2. The van der Waals surface area contributed by atoms with Gasteiger partial charge >= 0.3 is 0 Å². The first kappa shape index (κ1) is 9.63. The highest BCUT2D eigenvalue weighted by atomic mass is 14.3. The Balaban J connectivity index is 2.18. The second-order valence-corrected chi connectivity index (χ2v) is 4.14. The largest absolute Gasteiger partial charge is 0.192 e. The third-order valence-corrected chi connectivity index (χ3v) is 3.14. The molecule has 0 amide bonds. The Morgan fingerprint density at radius 3 is 1.65 bits per heavy atom. The molecule has 0 aliphatic heterocycles. The molecule has 2 aromatic carbocycles. The zero-order valence-corrected chi connectivity index (χ0v) is 9.07. The van der Waals surface area contributed by atoms with Crippen LogP contribution in [0.2, 0.25) is 0 Å². The summed E-state index contributed by atoms with van der Waals surface area (Å²) in [4.78, 5) is 0. The maximum atomic E-state index is 8.87. The molecule has 0 fully saturated rings. The van der Waals surface area contributed by atoms with Crippen LogP contribution in [0.25, 0.3) is 11.1 Å². The first-order valence-electron chi connectivity index (χ1n) is 5.38. The monoisotopic (exact) mass is 216 g/mol. The Bertz CT molecular complexity index is 638. The van der Waals surface area contributed by atoms with Crippen molar-refractivity contribution in [2.75, 3.05) is 0 Å². The van der Waals surface area contributed by atoms with E-state index >= 15 is 0 Å². The first-order valence-corrected chi connectivity index (χ1v) is 5.38. The van der Waals surface area contributed by atoms with Gasteiger partial charge in [-0.15, -0.1) is 0 Å².